The Morgan fingerprint density at radius 3 is 2.66 bits per heavy atom. The first-order chi connectivity index (χ1) is 14.1. The molecule has 0 radical (unpaired) electrons. The van der Waals surface area contributed by atoms with E-state index in [0.29, 0.717) is 29.5 Å². The molecule has 9 heteroatoms. The molecule has 0 aliphatic carbocycles. The van der Waals surface area contributed by atoms with Crippen LogP contribution in [-0.4, -0.2) is 56.2 Å². The Bertz CT molecular complexity index is 895. The molecule has 0 atom stereocenters. The fourth-order valence-electron chi connectivity index (χ4n) is 2.84. The molecule has 0 spiro atoms. The van der Waals surface area contributed by atoms with Crippen LogP contribution < -0.4 is 25.0 Å². The minimum absolute atomic E-state index is 0.000189. The van der Waals surface area contributed by atoms with Crippen LogP contribution in [0.1, 0.15) is 5.76 Å². The third-order valence-corrected chi connectivity index (χ3v) is 5.32. The van der Waals surface area contributed by atoms with Crippen molar-refractivity contribution >= 4 is 23.4 Å². The van der Waals surface area contributed by atoms with Crippen LogP contribution >= 0.6 is 11.8 Å². The smallest absolute Gasteiger partial charge is 0.262 e. The van der Waals surface area contributed by atoms with E-state index < -0.39 is 5.91 Å². The van der Waals surface area contributed by atoms with E-state index in [1.54, 1.807) is 25.3 Å². The summed E-state index contributed by atoms with van der Waals surface area (Å²) in [6.45, 7) is 2.21. The topological polar surface area (TPSA) is 90.2 Å². The van der Waals surface area contributed by atoms with Gasteiger partial charge in [-0.2, -0.15) is 11.8 Å². The summed E-state index contributed by atoms with van der Waals surface area (Å²) in [5.41, 5.74) is 0.163. The van der Waals surface area contributed by atoms with Crippen LogP contribution in [0.5, 0.6) is 17.2 Å². The number of rotatable bonds is 8. The molecule has 8 nitrogen and oxygen atoms in total. The zero-order valence-electron chi connectivity index (χ0n) is 16.4. The Morgan fingerprint density at radius 1 is 1.17 bits per heavy atom. The number of nitrogens with one attached hydrogen (secondary N) is 1. The van der Waals surface area contributed by atoms with Crippen molar-refractivity contribution in [2.24, 2.45) is 0 Å². The quantitative estimate of drug-likeness (QED) is 0.695. The molecule has 1 aromatic heterocycles. The number of benzene rings is 1. The fourth-order valence-corrected chi connectivity index (χ4v) is 3.82. The van der Waals surface area contributed by atoms with E-state index in [0.717, 1.165) is 24.6 Å². The van der Waals surface area contributed by atoms with E-state index in [2.05, 4.69) is 10.2 Å². The minimum Gasteiger partial charge on any atom is -0.497 e. The Hall–Kier alpha value is -2.65. The highest BCUT2D eigenvalue weighted by atomic mass is 32.2. The largest absolute Gasteiger partial charge is 0.497 e. The van der Waals surface area contributed by atoms with Gasteiger partial charge in [0.1, 0.15) is 23.5 Å². The van der Waals surface area contributed by atoms with Crippen LogP contribution in [0.25, 0.3) is 0 Å². The standard InChI is InChI=1S/C20H24N2O6S/c1-25-14-3-4-16(18(10-14)26-2)21-20(24)13-28-19-12-27-15(9-17(19)23)11-22-5-7-29-8-6-22/h3-4,9-10,12H,5-8,11,13H2,1-2H3,(H,21,24). The first-order valence-corrected chi connectivity index (χ1v) is 10.3. The van der Waals surface area contributed by atoms with Crippen LogP contribution in [0.4, 0.5) is 5.69 Å². The molecule has 1 saturated heterocycles. The van der Waals surface area contributed by atoms with Gasteiger partial charge in [0.25, 0.3) is 5.91 Å². The van der Waals surface area contributed by atoms with Crippen molar-refractivity contribution in [2.75, 3.05) is 50.7 Å². The molecule has 29 heavy (non-hydrogen) atoms. The van der Waals surface area contributed by atoms with Gasteiger partial charge in [0.2, 0.25) is 11.2 Å². The van der Waals surface area contributed by atoms with Gasteiger partial charge in [0.05, 0.1) is 26.5 Å². The lowest BCUT2D eigenvalue weighted by Gasteiger charge is -2.25. The summed E-state index contributed by atoms with van der Waals surface area (Å²) >= 11 is 1.92. The second-order valence-electron chi connectivity index (χ2n) is 6.37. The van der Waals surface area contributed by atoms with Gasteiger partial charge >= 0.3 is 0 Å². The highest BCUT2D eigenvalue weighted by Gasteiger charge is 2.14. The summed E-state index contributed by atoms with van der Waals surface area (Å²) in [6.07, 6.45) is 1.26. The second-order valence-corrected chi connectivity index (χ2v) is 7.59. The molecular weight excluding hydrogens is 396 g/mol. The number of anilines is 1. The van der Waals surface area contributed by atoms with Crippen molar-refractivity contribution in [1.82, 2.24) is 4.90 Å². The zero-order valence-corrected chi connectivity index (χ0v) is 17.3. The molecule has 1 aliphatic rings. The van der Waals surface area contributed by atoms with Crippen LogP contribution in [-0.2, 0) is 11.3 Å². The third-order valence-electron chi connectivity index (χ3n) is 4.38. The summed E-state index contributed by atoms with van der Waals surface area (Å²) in [7, 11) is 3.04. The van der Waals surface area contributed by atoms with Gasteiger partial charge in [-0.25, -0.2) is 0 Å². The molecular formula is C20H24N2O6S. The predicted octanol–water partition coefficient (Wildman–Crippen LogP) is 2.22. The van der Waals surface area contributed by atoms with Crippen LogP contribution in [0.15, 0.2) is 39.7 Å². The maximum absolute atomic E-state index is 12.3. The van der Waals surface area contributed by atoms with Crippen molar-refractivity contribution in [3.05, 3.63) is 46.5 Å². The first-order valence-electron chi connectivity index (χ1n) is 9.15. The van der Waals surface area contributed by atoms with Crippen molar-refractivity contribution < 1.29 is 23.4 Å². The van der Waals surface area contributed by atoms with E-state index in [1.165, 1.54) is 19.4 Å². The molecule has 1 aromatic carbocycles. The maximum atomic E-state index is 12.3. The van der Waals surface area contributed by atoms with Gasteiger partial charge in [-0.05, 0) is 12.1 Å². The van der Waals surface area contributed by atoms with E-state index >= 15 is 0 Å². The first kappa shape index (κ1) is 21.1. The number of hydrogen-bond donors (Lipinski definition) is 1. The number of ether oxygens (including phenoxy) is 3. The summed E-state index contributed by atoms with van der Waals surface area (Å²) in [6, 6.07) is 6.44. The van der Waals surface area contributed by atoms with Gasteiger partial charge in [-0.15, -0.1) is 0 Å². The molecule has 1 aliphatic heterocycles. The lowest BCUT2D eigenvalue weighted by Crippen LogP contribution is -2.32. The van der Waals surface area contributed by atoms with Crippen LogP contribution in [0.2, 0.25) is 0 Å². The lowest BCUT2D eigenvalue weighted by molar-refractivity contribution is -0.118. The van der Waals surface area contributed by atoms with Gasteiger partial charge in [-0.3, -0.25) is 14.5 Å². The molecule has 1 amide bonds. The lowest BCUT2D eigenvalue weighted by atomic mass is 10.2. The van der Waals surface area contributed by atoms with Crippen LogP contribution in [0.3, 0.4) is 0 Å². The van der Waals surface area contributed by atoms with Crippen molar-refractivity contribution in [3.63, 3.8) is 0 Å². The van der Waals surface area contributed by atoms with Gasteiger partial charge in [-0.1, -0.05) is 0 Å². The molecule has 0 bridgehead atoms. The van der Waals surface area contributed by atoms with E-state index in [4.69, 9.17) is 18.6 Å². The summed E-state index contributed by atoms with van der Waals surface area (Å²) < 4.78 is 21.2. The monoisotopic (exact) mass is 420 g/mol. The number of thioether (sulfide) groups is 1. The second kappa shape index (κ2) is 10.2. The molecule has 0 saturated carbocycles. The average Bonchev–Trinajstić information content (AvgIpc) is 2.74. The molecule has 2 aromatic rings. The SMILES string of the molecule is COc1ccc(NC(=O)COc2coc(CN3CCSCC3)cc2=O)c(OC)c1. The average molecular weight is 420 g/mol. The molecule has 156 valence electrons. The Kier molecular flexibility index (Phi) is 7.42. The normalized spacial score (nSPS) is 14.3. The highest BCUT2D eigenvalue weighted by molar-refractivity contribution is 7.99. The Morgan fingerprint density at radius 2 is 1.97 bits per heavy atom. The molecule has 3 rings (SSSR count). The number of hydrogen-bond acceptors (Lipinski definition) is 8. The number of carbonyl (C=O) groups is 1. The minimum atomic E-state index is -0.428. The highest BCUT2D eigenvalue weighted by Crippen LogP contribution is 2.28. The van der Waals surface area contributed by atoms with E-state index in [9.17, 15) is 9.59 Å². The number of amides is 1. The molecule has 1 fully saturated rings. The third kappa shape index (κ3) is 5.91. The van der Waals surface area contributed by atoms with E-state index in [1.807, 2.05) is 11.8 Å². The number of carbonyl (C=O) groups excluding carboxylic acids is 1. The summed E-state index contributed by atoms with van der Waals surface area (Å²) in [5.74, 6) is 3.39. The van der Waals surface area contributed by atoms with E-state index in [-0.39, 0.29) is 17.8 Å². The summed E-state index contributed by atoms with van der Waals surface area (Å²) in [4.78, 5) is 26.7. The Labute approximate surface area is 173 Å². The summed E-state index contributed by atoms with van der Waals surface area (Å²) in [5, 5.41) is 2.68. The van der Waals surface area contributed by atoms with Crippen molar-refractivity contribution in [2.45, 2.75) is 6.54 Å². The van der Waals surface area contributed by atoms with Gasteiger partial charge in [0, 0.05) is 36.7 Å². The molecule has 0 unspecified atom stereocenters. The van der Waals surface area contributed by atoms with Gasteiger partial charge < -0.3 is 23.9 Å². The molecule has 2 heterocycles. The zero-order chi connectivity index (χ0) is 20.6. The number of methoxy groups -OCH3 is 2. The van der Waals surface area contributed by atoms with Crippen molar-refractivity contribution in [3.8, 4) is 17.2 Å². The van der Waals surface area contributed by atoms with Crippen molar-refractivity contribution in [1.29, 1.82) is 0 Å². The fraction of sp³-hybridized carbons (Fsp3) is 0.400. The van der Waals surface area contributed by atoms with Gasteiger partial charge in [0.15, 0.2) is 6.61 Å². The maximum Gasteiger partial charge on any atom is 0.262 e. The van der Waals surface area contributed by atoms with Crippen LogP contribution in [0, 0.1) is 0 Å². The number of nitrogens with zero attached hydrogens (tertiary/aromatic N) is 1. The predicted molar refractivity (Wildman–Crippen MR) is 111 cm³/mol. The molecule has 1 N–H and O–H groups in total. The Balaban J connectivity index is 1.55.